The average Bonchev–Trinajstić information content (AvgIpc) is 3.90. The summed E-state index contributed by atoms with van der Waals surface area (Å²) in [5.41, 5.74) is 9.17. The lowest BCUT2D eigenvalue weighted by Crippen LogP contribution is -2.54. The summed E-state index contributed by atoms with van der Waals surface area (Å²) in [4.78, 5) is 87.0. The predicted octanol–water partition coefficient (Wildman–Crippen LogP) is 2.28. The molecule has 3 atom stereocenters. The Hall–Kier alpha value is -6.24. The van der Waals surface area contributed by atoms with Gasteiger partial charge in [0.25, 0.3) is 17.7 Å². The Bertz CT molecular complexity index is 2390. The number of carbonyl (C=O) groups excluding carboxylic acids is 6. The predicted molar refractivity (Wildman–Crippen MR) is 215 cm³/mol. The number of nitrogens with one attached hydrogen (secondary N) is 3. The molecule has 1 saturated carbocycles. The maximum atomic E-state index is 14.3. The van der Waals surface area contributed by atoms with Crippen molar-refractivity contribution in [2.75, 3.05) is 41.3 Å². The zero-order valence-corrected chi connectivity index (χ0v) is 33.2. The van der Waals surface area contributed by atoms with Gasteiger partial charge in [-0.15, -0.1) is 0 Å². The molecule has 6 amide bonds. The molecule has 1 unspecified atom stereocenters. The molecular formula is C41H47FN12O6. The number of anilines is 3. The Morgan fingerprint density at radius 2 is 1.70 bits per heavy atom. The summed E-state index contributed by atoms with van der Waals surface area (Å²) in [6.45, 7) is 3.78. The Morgan fingerprint density at radius 3 is 2.45 bits per heavy atom. The molecule has 4 aliphatic heterocycles. The number of imide groups is 2. The summed E-state index contributed by atoms with van der Waals surface area (Å²) in [5.74, 6) is -2.06. The van der Waals surface area contributed by atoms with Crippen LogP contribution in [0.2, 0.25) is 0 Å². The first-order valence-electron chi connectivity index (χ1n) is 20.7. The van der Waals surface area contributed by atoms with Gasteiger partial charge in [0.15, 0.2) is 5.65 Å². The average molecular weight is 823 g/mol. The fourth-order valence-corrected chi connectivity index (χ4v) is 9.30. The highest BCUT2D eigenvalue weighted by molar-refractivity contribution is 6.23. The smallest absolute Gasteiger partial charge is 0.262 e. The fourth-order valence-electron chi connectivity index (χ4n) is 9.30. The molecule has 0 spiro atoms. The molecule has 0 radical (unpaired) electrons. The molecule has 9 rings (SSSR count). The molecule has 5 aliphatic rings. The second-order valence-electron chi connectivity index (χ2n) is 16.6. The topological polar surface area (TPSA) is 222 Å². The van der Waals surface area contributed by atoms with E-state index in [0.29, 0.717) is 74.6 Å². The largest absolute Gasteiger partial charge is 0.371 e. The number of hydrogen-bond acceptors (Lipinski definition) is 12. The van der Waals surface area contributed by atoms with E-state index >= 15 is 0 Å². The molecule has 18 nitrogen and oxygen atoms in total. The van der Waals surface area contributed by atoms with Gasteiger partial charge in [-0.2, -0.15) is 10.2 Å². The quantitative estimate of drug-likeness (QED) is 0.188. The zero-order valence-electron chi connectivity index (χ0n) is 33.2. The third-order valence-electron chi connectivity index (χ3n) is 12.6. The van der Waals surface area contributed by atoms with Gasteiger partial charge in [-0.05, 0) is 82.6 Å². The lowest BCUT2D eigenvalue weighted by atomic mass is 9.85. The number of piperidine rings is 3. The Kier molecular flexibility index (Phi) is 10.3. The maximum Gasteiger partial charge on any atom is 0.262 e. The molecular weight excluding hydrogens is 776 g/mol. The van der Waals surface area contributed by atoms with Gasteiger partial charge in [-0.1, -0.05) is 0 Å². The van der Waals surface area contributed by atoms with Crippen LogP contribution < -0.4 is 31.5 Å². The molecule has 4 aromatic rings. The highest BCUT2D eigenvalue weighted by Crippen LogP contribution is 2.35. The molecule has 3 aromatic heterocycles. The van der Waals surface area contributed by atoms with Crippen LogP contribution >= 0.6 is 0 Å². The Morgan fingerprint density at radius 1 is 0.933 bits per heavy atom. The number of benzene rings is 1. The third-order valence-corrected chi connectivity index (χ3v) is 12.6. The Balaban J connectivity index is 0.756. The van der Waals surface area contributed by atoms with Crippen molar-refractivity contribution in [1.29, 1.82) is 0 Å². The van der Waals surface area contributed by atoms with Crippen LogP contribution in [0.5, 0.6) is 0 Å². The normalized spacial score (nSPS) is 25.1. The summed E-state index contributed by atoms with van der Waals surface area (Å²) >= 11 is 0. The van der Waals surface area contributed by atoms with Crippen molar-refractivity contribution < 1.29 is 33.2 Å². The van der Waals surface area contributed by atoms with E-state index in [9.17, 15) is 33.2 Å². The highest BCUT2D eigenvalue weighted by atomic mass is 19.1. The van der Waals surface area contributed by atoms with Crippen LogP contribution in [0.15, 0.2) is 42.9 Å². The van der Waals surface area contributed by atoms with E-state index in [1.54, 1.807) is 35.4 Å². The number of carbonyl (C=O) groups is 6. The molecule has 0 bridgehead atoms. The number of amides is 6. The van der Waals surface area contributed by atoms with Crippen LogP contribution in [0.3, 0.4) is 0 Å². The molecule has 60 heavy (non-hydrogen) atoms. The van der Waals surface area contributed by atoms with Gasteiger partial charge >= 0.3 is 0 Å². The minimum atomic E-state index is -1.05. The summed E-state index contributed by atoms with van der Waals surface area (Å²) in [6.07, 6.45) is 8.75. The number of fused-ring (bicyclic) bond motifs is 2. The van der Waals surface area contributed by atoms with Gasteiger partial charge < -0.3 is 26.2 Å². The maximum absolute atomic E-state index is 14.3. The molecule has 3 saturated heterocycles. The number of aryl methyl sites for hydroxylation is 1. The molecule has 1 aromatic carbocycles. The first-order valence-corrected chi connectivity index (χ1v) is 20.7. The van der Waals surface area contributed by atoms with E-state index in [1.807, 2.05) is 17.8 Å². The number of rotatable bonds is 8. The summed E-state index contributed by atoms with van der Waals surface area (Å²) in [5, 5.41) is 17.5. The lowest BCUT2D eigenvalue weighted by Gasteiger charge is -2.35. The van der Waals surface area contributed by atoms with Crippen molar-refractivity contribution in [3.8, 4) is 0 Å². The summed E-state index contributed by atoms with van der Waals surface area (Å²) in [7, 11) is 0. The lowest BCUT2D eigenvalue weighted by molar-refractivity contribution is -0.136. The van der Waals surface area contributed by atoms with Crippen molar-refractivity contribution in [3.05, 3.63) is 65.2 Å². The van der Waals surface area contributed by atoms with E-state index in [-0.39, 0.29) is 71.9 Å². The first kappa shape index (κ1) is 39.2. The van der Waals surface area contributed by atoms with Crippen LogP contribution in [-0.4, -0.2) is 115 Å². The molecule has 314 valence electrons. The second kappa shape index (κ2) is 15.7. The van der Waals surface area contributed by atoms with Crippen LogP contribution in [-0.2, 0) is 14.4 Å². The van der Waals surface area contributed by atoms with Crippen molar-refractivity contribution in [3.63, 3.8) is 0 Å². The summed E-state index contributed by atoms with van der Waals surface area (Å²) in [6, 6.07) is 5.62. The monoisotopic (exact) mass is 822 g/mol. The molecule has 7 heterocycles. The highest BCUT2D eigenvalue weighted by Gasteiger charge is 2.45. The van der Waals surface area contributed by atoms with Crippen LogP contribution in [0.25, 0.3) is 5.65 Å². The van der Waals surface area contributed by atoms with Gasteiger partial charge in [0, 0.05) is 62.1 Å². The number of nitrogens with two attached hydrogens (primary N) is 1. The van der Waals surface area contributed by atoms with E-state index in [2.05, 4.69) is 30.9 Å². The molecule has 1 aliphatic carbocycles. The molecule has 19 heteroatoms. The van der Waals surface area contributed by atoms with E-state index < -0.39 is 35.8 Å². The fraction of sp³-hybridized carbons (Fsp3) is 0.488. The van der Waals surface area contributed by atoms with Crippen LogP contribution in [0.1, 0.15) is 101 Å². The van der Waals surface area contributed by atoms with Crippen molar-refractivity contribution in [2.45, 2.75) is 95.1 Å². The van der Waals surface area contributed by atoms with E-state index in [0.717, 1.165) is 23.4 Å². The number of halogens is 1. The van der Waals surface area contributed by atoms with Crippen molar-refractivity contribution in [2.24, 2.45) is 11.7 Å². The van der Waals surface area contributed by atoms with Gasteiger partial charge in [-0.3, -0.25) is 43.7 Å². The summed E-state index contributed by atoms with van der Waals surface area (Å²) < 4.78 is 17.6. The van der Waals surface area contributed by atoms with Gasteiger partial charge in [0.2, 0.25) is 17.7 Å². The Labute approximate surface area is 344 Å². The van der Waals surface area contributed by atoms with Gasteiger partial charge in [-0.25, -0.2) is 13.9 Å². The molecule has 5 N–H and O–H groups in total. The van der Waals surface area contributed by atoms with Gasteiger partial charge in [0.1, 0.15) is 23.6 Å². The zero-order chi connectivity index (χ0) is 41.8. The minimum Gasteiger partial charge on any atom is -0.371 e. The number of nitrogens with zero attached hydrogens (tertiary/aromatic N) is 8. The first-order chi connectivity index (χ1) is 28.9. The molecule has 4 fully saturated rings. The SMILES string of the molecule is Cc1nn(C2CCC(C(=O)NC3CCN(c4ccc5c(c4)C(=O)N(C4CCC(=O)NC4=O)C5=O)CC3)CC2)cc1NC(=O)c1cnn2ccc(N3C[C@H](N)C[C@@H](F)C3)nc12. The van der Waals surface area contributed by atoms with Gasteiger partial charge in [0.05, 0.1) is 41.3 Å². The number of hydrogen-bond donors (Lipinski definition) is 4. The van der Waals surface area contributed by atoms with E-state index in [1.165, 1.54) is 10.7 Å². The van der Waals surface area contributed by atoms with E-state index in [4.69, 9.17) is 10.8 Å². The van der Waals surface area contributed by atoms with Crippen molar-refractivity contribution in [1.82, 2.24) is 39.9 Å². The van der Waals surface area contributed by atoms with Crippen LogP contribution in [0, 0.1) is 12.8 Å². The number of aromatic nitrogens is 5. The minimum absolute atomic E-state index is 0.00700. The number of alkyl halides is 1. The second-order valence-corrected chi connectivity index (χ2v) is 16.6. The van der Waals surface area contributed by atoms with Crippen molar-refractivity contribution >= 4 is 58.3 Å². The standard InChI is InChI=1S/C41H47FN12O6/c1-22-32(46-38(57)31-18-44-52-15-12-34(47-36(31)52)51-19-24(42)16-25(43)20-51)21-53(49-22)27-4-2-23(3-5-27)37(56)45-26-10-13-50(14-11-26)28-6-7-29-30(17-28)41(60)54(40(29)59)33-8-9-35(55)48-39(33)58/h6-7,12,15,17-18,21,23-27,33H,2-5,8-11,13-14,16,19-20,43H2,1H3,(H,45,56)(H,46,57)(H,48,55,58)/t23?,24-,25-,27?,33?/m1/s1. The van der Waals surface area contributed by atoms with Crippen LogP contribution in [0.4, 0.5) is 21.6 Å². The third kappa shape index (κ3) is 7.45.